The summed E-state index contributed by atoms with van der Waals surface area (Å²) >= 11 is 0. The SMILES string of the molecule is Cc1ccc(Cn2nc(C)c(CCC(=O)N3CC[C@@H](CN)C3)c2C)cc1. The van der Waals surface area contributed by atoms with Crippen molar-refractivity contribution in [3.8, 4) is 0 Å². The average Bonchev–Trinajstić information content (AvgIpc) is 3.21. The van der Waals surface area contributed by atoms with Crippen molar-refractivity contribution in [3.05, 3.63) is 52.3 Å². The van der Waals surface area contributed by atoms with Crippen LogP contribution in [0.4, 0.5) is 0 Å². The summed E-state index contributed by atoms with van der Waals surface area (Å²) in [6, 6.07) is 8.56. The van der Waals surface area contributed by atoms with E-state index in [4.69, 9.17) is 10.8 Å². The van der Waals surface area contributed by atoms with Crippen molar-refractivity contribution in [1.82, 2.24) is 14.7 Å². The van der Waals surface area contributed by atoms with Crippen molar-refractivity contribution in [2.75, 3.05) is 19.6 Å². The number of nitrogens with zero attached hydrogens (tertiary/aromatic N) is 3. The molecule has 1 aromatic carbocycles. The third kappa shape index (κ3) is 4.15. The Labute approximate surface area is 156 Å². The van der Waals surface area contributed by atoms with Crippen molar-refractivity contribution >= 4 is 5.91 Å². The maximum atomic E-state index is 12.5. The number of aryl methyl sites for hydroxylation is 2. The van der Waals surface area contributed by atoms with Crippen LogP contribution >= 0.6 is 0 Å². The van der Waals surface area contributed by atoms with Crippen LogP contribution in [0.5, 0.6) is 0 Å². The second-order valence-corrected chi connectivity index (χ2v) is 7.52. The number of hydrogen-bond donors (Lipinski definition) is 1. The van der Waals surface area contributed by atoms with Crippen molar-refractivity contribution in [3.63, 3.8) is 0 Å². The van der Waals surface area contributed by atoms with Gasteiger partial charge in [-0.3, -0.25) is 9.48 Å². The largest absolute Gasteiger partial charge is 0.342 e. The van der Waals surface area contributed by atoms with E-state index in [1.54, 1.807) is 0 Å². The number of aromatic nitrogens is 2. The highest BCUT2D eigenvalue weighted by Crippen LogP contribution is 2.20. The maximum absolute atomic E-state index is 12.5. The Morgan fingerprint density at radius 3 is 2.62 bits per heavy atom. The fraction of sp³-hybridized carbons (Fsp3) is 0.524. The van der Waals surface area contributed by atoms with Gasteiger partial charge in [-0.15, -0.1) is 0 Å². The number of carbonyl (C=O) groups excluding carboxylic acids is 1. The van der Waals surface area contributed by atoms with Gasteiger partial charge in [0.05, 0.1) is 12.2 Å². The highest BCUT2D eigenvalue weighted by Gasteiger charge is 2.25. The monoisotopic (exact) mass is 354 g/mol. The van der Waals surface area contributed by atoms with E-state index in [1.807, 2.05) is 11.8 Å². The van der Waals surface area contributed by atoms with E-state index in [1.165, 1.54) is 16.7 Å². The number of rotatable bonds is 6. The lowest BCUT2D eigenvalue weighted by Crippen LogP contribution is -2.30. The molecule has 2 aromatic rings. The first-order valence-corrected chi connectivity index (χ1v) is 9.54. The summed E-state index contributed by atoms with van der Waals surface area (Å²) in [4.78, 5) is 14.5. The normalized spacial score (nSPS) is 17.1. The maximum Gasteiger partial charge on any atom is 0.222 e. The molecular formula is C21H30N4O. The van der Waals surface area contributed by atoms with Crippen LogP contribution in [-0.4, -0.2) is 40.2 Å². The zero-order valence-corrected chi connectivity index (χ0v) is 16.2. The lowest BCUT2D eigenvalue weighted by atomic mass is 10.1. The van der Waals surface area contributed by atoms with Crippen LogP contribution in [-0.2, 0) is 17.8 Å². The molecule has 1 saturated heterocycles. The first-order valence-electron chi connectivity index (χ1n) is 9.54. The van der Waals surface area contributed by atoms with Gasteiger partial charge in [-0.25, -0.2) is 0 Å². The molecule has 26 heavy (non-hydrogen) atoms. The lowest BCUT2D eigenvalue weighted by molar-refractivity contribution is -0.130. The number of likely N-dealkylation sites (tertiary alicyclic amines) is 1. The molecule has 0 saturated carbocycles. The van der Waals surface area contributed by atoms with Crippen molar-refractivity contribution < 1.29 is 4.79 Å². The van der Waals surface area contributed by atoms with Gasteiger partial charge in [0.15, 0.2) is 0 Å². The Balaban J connectivity index is 1.62. The minimum absolute atomic E-state index is 0.242. The van der Waals surface area contributed by atoms with Crippen LogP contribution < -0.4 is 5.73 Å². The Kier molecular flexibility index (Phi) is 5.77. The van der Waals surface area contributed by atoms with Gasteiger partial charge >= 0.3 is 0 Å². The molecule has 1 aromatic heterocycles. The summed E-state index contributed by atoms with van der Waals surface area (Å²) in [5.41, 5.74) is 11.6. The Morgan fingerprint density at radius 2 is 1.96 bits per heavy atom. The van der Waals surface area contributed by atoms with Gasteiger partial charge < -0.3 is 10.6 Å². The number of benzene rings is 1. The minimum Gasteiger partial charge on any atom is -0.342 e. The van der Waals surface area contributed by atoms with E-state index < -0.39 is 0 Å². The molecule has 5 nitrogen and oxygen atoms in total. The molecule has 1 fully saturated rings. The number of nitrogens with two attached hydrogens (primary N) is 1. The number of hydrogen-bond acceptors (Lipinski definition) is 3. The summed E-state index contributed by atoms with van der Waals surface area (Å²) in [5.74, 6) is 0.714. The highest BCUT2D eigenvalue weighted by molar-refractivity contribution is 5.76. The topological polar surface area (TPSA) is 64.2 Å². The summed E-state index contributed by atoms with van der Waals surface area (Å²) in [5, 5.41) is 4.70. The van der Waals surface area contributed by atoms with Crippen LogP contribution in [0.15, 0.2) is 24.3 Å². The second-order valence-electron chi connectivity index (χ2n) is 7.52. The fourth-order valence-corrected chi connectivity index (χ4v) is 3.76. The van der Waals surface area contributed by atoms with Gasteiger partial charge in [-0.2, -0.15) is 5.10 Å². The van der Waals surface area contributed by atoms with Crippen molar-refractivity contribution in [2.45, 2.75) is 46.6 Å². The predicted molar refractivity (Wildman–Crippen MR) is 104 cm³/mol. The molecule has 1 aliphatic rings. The van der Waals surface area contributed by atoms with Crippen LogP contribution in [0.2, 0.25) is 0 Å². The van der Waals surface area contributed by atoms with Gasteiger partial charge in [-0.1, -0.05) is 29.8 Å². The molecule has 2 heterocycles. The van der Waals surface area contributed by atoms with Gasteiger partial charge in [0.25, 0.3) is 0 Å². The zero-order valence-electron chi connectivity index (χ0n) is 16.2. The molecule has 0 aliphatic carbocycles. The third-order valence-electron chi connectivity index (χ3n) is 5.55. The molecule has 0 radical (unpaired) electrons. The molecule has 0 unspecified atom stereocenters. The van der Waals surface area contributed by atoms with Crippen molar-refractivity contribution in [1.29, 1.82) is 0 Å². The van der Waals surface area contributed by atoms with Crippen LogP contribution in [0.1, 0.15) is 40.9 Å². The highest BCUT2D eigenvalue weighted by atomic mass is 16.2. The minimum atomic E-state index is 0.242. The van der Waals surface area contributed by atoms with Crippen LogP contribution in [0.25, 0.3) is 0 Å². The Hall–Kier alpha value is -2.14. The van der Waals surface area contributed by atoms with Gasteiger partial charge in [-0.05, 0) is 57.2 Å². The molecule has 1 aliphatic heterocycles. The first kappa shape index (κ1) is 18.6. The van der Waals surface area contributed by atoms with Crippen LogP contribution in [0, 0.1) is 26.7 Å². The van der Waals surface area contributed by atoms with E-state index in [0.29, 0.717) is 18.9 Å². The molecule has 0 bridgehead atoms. The second kappa shape index (κ2) is 8.04. The molecule has 140 valence electrons. The molecule has 5 heteroatoms. The first-order chi connectivity index (χ1) is 12.5. The Bertz CT molecular complexity index is 763. The van der Waals surface area contributed by atoms with Gasteiger partial charge in [0.1, 0.15) is 0 Å². The lowest BCUT2D eigenvalue weighted by Gasteiger charge is -2.16. The third-order valence-corrected chi connectivity index (χ3v) is 5.55. The number of amides is 1. The van der Waals surface area contributed by atoms with E-state index in [9.17, 15) is 4.79 Å². The summed E-state index contributed by atoms with van der Waals surface area (Å²) in [6.07, 6.45) is 2.35. The summed E-state index contributed by atoms with van der Waals surface area (Å²) in [6.45, 7) is 9.36. The fourth-order valence-electron chi connectivity index (χ4n) is 3.76. The number of carbonyl (C=O) groups is 1. The summed E-state index contributed by atoms with van der Waals surface area (Å²) < 4.78 is 2.06. The molecule has 0 spiro atoms. The summed E-state index contributed by atoms with van der Waals surface area (Å²) in [7, 11) is 0. The molecular weight excluding hydrogens is 324 g/mol. The van der Waals surface area contributed by atoms with Gasteiger partial charge in [0, 0.05) is 25.2 Å². The molecule has 1 amide bonds. The van der Waals surface area contributed by atoms with Gasteiger partial charge in [0.2, 0.25) is 5.91 Å². The van der Waals surface area contributed by atoms with E-state index in [-0.39, 0.29) is 5.91 Å². The average molecular weight is 354 g/mol. The molecule has 2 N–H and O–H groups in total. The van der Waals surface area contributed by atoms with E-state index in [2.05, 4.69) is 42.8 Å². The molecule has 1 atom stereocenters. The quantitative estimate of drug-likeness (QED) is 0.867. The van der Waals surface area contributed by atoms with Crippen LogP contribution in [0.3, 0.4) is 0 Å². The van der Waals surface area contributed by atoms with E-state index >= 15 is 0 Å². The zero-order chi connectivity index (χ0) is 18.7. The standard InChI is InChI=1S/C21H30N4O/c1-15-4-6-18(7-5-15)14-25-17(3)20(16(2)23-25)8-9-21(26)24-11-10-19(12-22)13-24/h4-7,19H,8-14,22H2,1-3H3/t19-/m0/s1. The van der Waals surface area contributed by atoms with E-state index in [0.717, 1.165) is 43.9 Å². The predicted octanol–water partition coefficient (Wildman–Crippen LogP) is 2.60. The van der Waals surface area contributed by atoms with Crippen molar-refractivity contribution in [2.24, 2.45) is 11.7 Å². The smallest absolute Gasteiger partial charge is 0.222 e. The molecule has 3 rings (SSSR count). The Morgan fingerprint density at radius 1 is 1.23 bits per heavy atom.